The van der Waals surface area contributed by atoms with Gasteiger partial charge >= 0.3 is 0 Å². The molecule has 0 amide bonds. The highest BCUT2D eigenvalue weighted by Gasteiger charge is 2.20. The van der Waals surface area contributed by atoms with Crippen LogP contribution in [-0.2, 0) is 6.54 Å². The van der Waals surface area contributed by atoms with E-state index in [2.05, 4.69) is 11.8 Å². The summed E-state index contributed by atoms with van der Waals surface area (Å²) in [5, 5.41) is 0. The number of rotatable bonds is 8. The van der Waals surface area contributed by atoms with Gasteiger partial charge in [-0.1, -0.05) is 31.9 Å². The molecule has 0 aromatic heterocycles. The van der Waals surface area contributed by atoms with Crippen molar-refractivity contribution in [2.24, 2.45) is 5.73 Å². The molecule has 0 bridgehead atoms. The molecule has 0 spiro atoms. The van der Waals surface area contributed by atoms with E-state index < -0.39 is 0 Å². The van der Waals surface area contributed by atoms with E-state index in [1.165, 1.54) is 25.7 Å². The molecule has 1 aliphatic carbocycles. The Labute approximate surface area is 123 Å². The number of ether oxygens (including phenoxy) is 1. The summed E-state index contributed by atoms with van der Waals surface area (Å²) in [5.41, 5.74) is 6.73. The van der Waals surface area contributed by atoms with E-state index in [-0.39, 0.29) is 0 Å². The average Bonchev–Trinajstić information content (AvgIpc) is 3.02. The molecule has 2 N–H and O–H groups in total. The molecule has 0 saturated heterocycles. The Morgan fingerprint density at radius 2 is 1.90 bits per heavy atom. The first-order valence-electron chi connectivity index (χ1n) is 7.99. The van der Waals surface area contributed by atoms with Gasteiger partial charge in [-0.15, -0.1) is 0 Å². The molecule has 20 heavy (non-hydrogen) atoms. The van der Waals surface area contributed by atoms with Gasteiger partial charge in [0.1, 0.15) is 5.75 Å². The van der Waals surface area contributed by atoms with Crippen LogP contribution < -0.4 is 10.5 Å². The summed E-state index contributed by atoms with van der Waals surface area (Å²) in [6.45, 7) is 5.97. The lowest BCUT2D eigenvalue weighted by Crippen LogP contribution is -2.34. The van der Waals surface area contributed by atoms with E-state index in [9.17, 15) is 0 Å². The van der Waals surface area contributed by atoms with Gasteiger partial charge in [-0.2, -0.15) is 0 Å². The molecule has 1 fully saturated rings. The SMILES string of the molecule is CCN(CCCOc1ccc(CN)cc1)C1CCCC1. The van der Waals surface area contributed by atoms with Crippen LogP contribution in [0.3, 0.4) is 0 Å². The van der Waals surface area contributed by atoms with Gasteiger partial charge in [0, 0.05) is 19.1 Å². The highest BCUT2D eigenvalue weighted by atomic mass is 16.5. The van der Waals surface area contributed by atoms with Crippen LogP contribution >= 0.6 is 0 Å². The second-order valence-corrected chi connectivity index (χ2v) is 5.62. The van der Waals surface area contributed by atoms with Crippen LogP contribution in [0.4, 0.5) is 0 Å². The zero-order chi connectivity index (χ0) is 14.2. The number of hydrogen-bond acceptors (Lipinski definition) is 3. The minimum absolute atomic E-state index is 0.590. The summed E-state index contributed by atoms with van der Waals surface area (Å²) in [5.74, 6) is 0.950. The summed E-state index contributed by atoms with van der Waals surface area (Å²) in [7, 11) is 0. The van der Waals surface area contributed by atoms with Gasteiger partial charge in [0.25, 0.3) is 0 Å². The molecule has 3 nitrogen and oxygen atoms in total. The third kappa shape index (κ3) is 4.50. The van der Waals surface area contributed by atoms with Gasteiger partial charge in [0.05, 0.1) is 6.61 Å². The molecule has 1 aromatic rings. The van der Waals surface area contributed by atoms with Gasteiger partial charge in [-0.25, -0.2) is 0 Å². The van der Waals surface area contributed by atoms with Crippen LogP contribution in [-0.4, -0.2) is 30.6 Å². The molecule has 0 atom stereocenters. The van der Waals surface area contributed by atoms with Crippen LogP contribution in [0.2, 0.25) is 0 Å². The second-order valence-electron chi connectivity index (χ2n) is 5.62. The summed E-state index contributed by atoms with van der Waals surface area (Å²) >= 11 is 0. The Kier molecular flexibility index (Phi) is 6.34. The predicted molar refractivity (Wildman–Crippen MR) is 83.9 cm³/mol. The van der Waals surface area contributed by atoms with Crippen molar-refractivity contribution in [1.82, 2.24) is 4.90 Å². The summed E-state index contributed by atoms with van der Waals surface area (Å²) in [6, 6.07) is 8.91. The molecule has 2 rings (SSSR count). The van der Waals surface area contributed by atoms with Crippen LogP contribution in [0.15, 0.2) is 24.3 Å². The smallest absolute Gasteiger partial charge is 0.119 e. The summed E-state index contributed by atoms with van der Waals surface area (Å²) in [4.78, 5) is 2.62. The van der Waals surface area contributed by atoms with Crippen LogP contribution in [0, 0.1) is 0 Å². The molecule has 1 aromatic carbocycles. The third-order valence-corrected chi connectivity index (χ3v) is 4.26. The van der Waals surface area contributed by atoms with E-state index >= 15 is 0 Å². The fourth-order valence-electron chi connectivity index (χ4n) is 3.05. The standard InChI is InChI=1S/C17H28N2O/c1-2-19(16-6-3-4-7-16)12-5-13-20-17-10-8-15(14-18)9-11-17/h8-11,16H,2-7,12-14,18H2,1H3. The first-order valence-corrected chi connectivity index (χ1v) is 7.99. The summed E-state index contributed by atoms with van der Waals surface area (Å²) in [6.07, 6.45) is 6.68. The molecule has 3 heteroatoms. The van der Waals surface area contributed by atoms with Gasteiger partial charge in [0.2, 0.25) is 0 Å². The number of benzene rings is 1. The molecule has 1 saturated carbocycles. The van der Waals surface area contributed by atoms with Crippen molar-refractivity contribution in [2.75, 3.05) is 19.7 Å². The lowest BCUT2D eigenvalue weighted by atomic mass is 10.2. The molecule has 0 aliphatic heterocycles. The first kappa shape index (κ1) is 15.3. The molecule has 0 unspecified atom stereocenters. The third-order valence-electron chi connectivity index (χ3n) is 4.26. The summed E-state index contributed by atoms with van der Waals surface area (Å²) < 4.78 is 5.80. The molecule has 1 aliphatic rings. The van der Waals surface area contributed by atoms with Gasteiger partial charge < -0.3 is 15.4 Å². The largest absolute Gasteiger partial charge is 0.494 e. The zero-order valence-electron chi connectivity index (χ0n) is 12.7. The van der Waals surface area contributed by atoms with Gasteiger partial charge in [-0.05, 0) is 43.5 Å². The van der Waals surface area contributed by atoms with Gasteiger partial charge in [-0.3, -0.25) is 0 Å². The average molecular weight is 276 g/mol. The van der Waals surface area contributed by atoms with Crippen molar-refractivity contribution in [2.45, 2.75) is 51.6 Å². The molecule has 112 valence electrons. The van der Waals surface area contributed by atoms with Crippen molar-refractivity contribution < 1.29 is 4.74 Å². The van der Waals surface area contributed by atoms with E-state index in [4.69, 9.17) is 10.5 Å². The van der Waals surface area contributed by atoms with E-state index in [1.807, 2.05) is 24.3 Å². The highest BCUT2D eigenvalue weighted by Crippen LogP contribution is 2.23. The van der Waals surface area contributed by atoms with Crippen LogP contribution in [0.1, 0.15) is 44.6 Å². The maximum absolute atomic E-state index is 5.80. The Morgan fingerprint density at radius 1 is 1.20 bits per heavy atom. The van der Waals surface area contributed by atoms with Crippen molar-refractivity contribution in [3.8, 4) is 5.75 Å². The molecule has 0 radical (unpaired) electrons. The van der Waals surface area contributed by atoms with Crippen LogP contribution in [0.5, 0.6) is 5.75 Å². The second kappa shape index (κ2) is 8.28. The van der Waals surface area contributed by atoms with Crippen molar-refractivity contribution in [3.05, 3.63) is 29.8 Å². The monoisotopic (exact) mass is 276 g/mol. The first-order chi connectivity index (χ1) is 9.83. The highest BCUT2D eigenvalue weighted by molar-refractivity contribution is 5.26. The fourth-order valence-corrected chi connectivity index (χ4v) is 3.05. The van der Waals surface area contributed by atoms with Crippen LogP contribution in [0.25, 0.3) is 0 Å². The molecular weight excluding hydrogens is 248 g/mol. The fraction of sp³-hybridized carbons (Fsp3) is 0.647. The number of nitrogens with zero attached hydrogens (tertiary/aromatic N) is 1. The van der Waals surface area contributed by atoms with Gasteiger partial charge in [0.15, 0.2) is 0 Å². The predicted octanol–water partition coefficient (Wildman–Crippen LogP) is 3.18. The van der Waals surface area contributed by atoms with E-state index in [0.717, 1.165) is 43.5 Å². The number of hydrogen-bond donors (Lipinski definition) is 1. The quantitative estimate of drug-likeness (QED) is 0.741. The Hall–Kier alpha value is -1.06. The lowest BCUT2D eigenvalue weighted by molar-refractivity contribution is 0.188. The zero-order valence-corrected chi connectivity index (χ0v) is 12.7. The molecule has 0 heterocycles. The van der Waals surface area contributed by atoms with Crippen molar-refractivity contribution in [1.29, 1.82) is 0 Å². The van der Waals surface area contributed by atoms with E-state index in [0.29, 0.717) is 6.54 Å². The minimum Gasteiger partial charge on any atom is -0.494 e. The Morgan fingerprint density at radius 3 is 2.50 bits per heavy atom. The maximum atomic E-state index is 5.80. The topological polar surface area (TPSA) is 38.5 Å². The molecular formula is C17H28N2O. The number of nitrogens with two attached hydrogens (primary N) is 1. The van der Waals surface area contributed by atoms with Crippen molar-refractivity contribution in [3.63, 3.8) is 0 Å². The Bertz CT molecular complexity index is 371. The minimum atomic E-state index is 0.590. The normalized spacial score (nSPS) is 15.9. The Balaban J connectivity index is 1.66. The van der Waals surface area contributed by atoms with Crippen molar-refractivity contribution >= 4 is 0 Å². The lowest BCUT2D eigenvalue weighted by Gasteiger charge is -2.27. The maximum Gasteiger partial charge on any atom is 0.119 e. The van der Waals surface area contributed by atoms with E-state index in [1.54, 1.807) is 0 Å².